The molecule has 8 heteroatoms. The first-order valence-corrected chi connectivity index (χ1v) is 12.4. The van der Waals surface area contributed by atoms with Gasteiger partial charge in [-0.1, -0.05) is 44.2 Å². The minimum absolute atomic E-state index is 0.00759. The number of aliphatic hydroxyl groups excluding tert-OH is 1. The number of rotatable bonds is 5. The molecule has 198 valence electrons. The van der Waals surface area contributed by atoms with Crippen molar-refractivity contribution < 1.29 is 38.4 Å². The van der Waals surface area contributed by atoms with Crippen molar-refractivity contribution in [1.29, 1.82) is 0 Å². The van der Waals surface area contributed by atoms with Crippen LogP contribution in [0.3, 0.4) is 0 Å². The zero-order valence-electron chi connectivity index (χ0n) is 22.2. The molecule has 0 bridgehead atoms. The number of hydrogen-bond acceptors (Lipinski definition) is 8. The highest BCUT2D eigenvalue weighted by Crippen LogP contribution is 2.31. The van der Waals surface area contributed by atoms with Crippen LogP contribution in [0.2, 0.25) is 0 Å². The van der Waals surface area contributed by atoms with Crippen molar-refractivity contribution in [3.63, 3.8) is 0 Å². The lowest BCUT2D eigenvalue weighted by Gasteiger charge is -2.43. The van der Waals surface area contributed by atoms with E-state index in [1.54, 1.807) is 6.92 Å². The Hall–Kier alpha value is -2.00. The van der Waals surface area contributed by atoms with E-state index in [1.807, 2.05) is 58.0 Å². The van der Waals surface area contributed by atoms with Gasteiger partial charge in [0.05, 0.1) is 37.1 Å². The van der Waals surface area contributed by atoms with Crippen LogP contribution >= 0.6 is 0 Å². The number of benzene rings is 1. The molecule has 0 aromatic heterocycles. The molecular weight excluding hydrogens is 452 g/mol. The Kier molecular flexibility index (Phi) is 11.1. The van der Waals surface area contributed by atoms with Gasteiger partial charge in [0.1, 0.15) is 6.10 Å². The van der Waals surface area contributed by atoms with Crippen LogP contribution in [-0.4, -0.2) is 65.9 Å². The van der Waals surface area contributed by atoms with Crippen LogP contribution in [0.1, 0.15) is 61.0 Å². The summed E-state index contributed by atoms with van der Waals surface area (Å²) in [5.41, 5.74) is 1.11. The van der Waals surface area contributed by atoms with Gasteiger partial charge in [0, 0.05) is 25.7 Å². The first-order chi connectivity index (χ1) is 16.4. The number of hydrogen-bond donors (Lipinski definition) is 1. The molecule has 2 fully saturated rings. The summed E-state index contributed by atoms with van der Waals surface area (Å²) in [4.78, 5) is 22.1. The van der Waals surface area contributed by atoms with Crippen molar-refractivity contribution in [3.05, 3.63) is 35.9 Å². The summed E-state index contributed by atoms with van der Waals surface area (Å²) in [6.45, 7) is 14.9. The third-order valence-electron chi connectivity index (χ3n) is 6.87. The van der Waals surface area contributed by atoms with Gasteiger partial charge in [-0.15, -0.1) is 0 Å². The molecule has 2 saturated heterocycles. The Morgan fingerprint density at radius 3 is 1.77 bits per heavy atom. The smallest absolute Gasteiger partial charge is 0.303 e. The zero-order chi connectivity index (χ0) is 26.3. The lowest BCUT2D eigenvalue weighted by atomic mass is 9.89. The molecular formula is C27H42O8. The van der Waals surface area contributed by atoms with Crippen molar-refractivity contribution in [2.45, 2.75) is 111 Å². The fourth-order valence-corrected chi connectivity index (χ4v) is 4.49. The fraction of sp³-hybridized carbons (Fsp3) is 0.704. The number of esters is 2. The quantitative estimate of drug-likeness (QED) is 0.619. The second-order valence-corrected chi connectivity index (χ2v) is 9.71. The Bertz CT molecular complexity index is 800. The lowest BCUT2D eigenvalue weighted by Crippen LogP contribution is -2.54. The normalized spacial score (nSPS) is 36.9. The highest BCUT2D eigenvalue weighted by molar-refractivity contribution is 5.66. The maximum absolute atomic E-state index is 11.3. The van der Waals surface area contributed by atoms with Crippen molar-refractivity contribution in [2.24, 2.45) is 11.8 Å². The van der Waals surface area contributed by atoms with Gasteiger partial charge in [0.25, 0.3) is 0 Å². The molecule has 2 aliphatic heterocycles. The van der Waals surface area contributed by atoms with Gasteiger partial charge in [-0.25, -0.2) is 0 Å². The summed E-state index contributed by atoms with van der Waals surface area (Å²) in [7, 11) is 0. The third kappa shape index (κ3) is 8.27. The van der Waals surface area contributed by atoms with E-state index in [0.29, 0.717) is 6.61 Å². The zero-order valence-corrected chi connectivity index (χ0v) is 22.2. The summed E-state index contributed by atoms with van der Waals surface area (Å²) < 4.78 is 27.9. The molecule has 2 heterocycles. The Balaban J connectivity index is 0.000000269. The molecule has 1 N–H and O–H groups in total. The molecule has 35 heavy (non-hydrogen) atoms. The number of carbonyl (C=O) groups excluding carboxylic acids is 2. The Morgan fingerprint density at radius 1 is 0.743 bits per heavy atom. The molecule has 0 aliphatic carbocycles. The topological polar surface area (TPSA) is 101 Å². The second-order valence-electron chi connectivity index (χ2n) is 9.71. The van der Waals surface area contributed by atoms with E-state index in [-0.39, 0.29) is 60.4 Å². The van der Waals surface area contributed by atoms with Crippen LogP contribution in [0, 0.1) is 11.8 Å². The van der Waals surface area contributed by atoms with Gasteiger partial charge >= 0.3 is 11.9 Å². The Morgan fingerprint density at radius 2 is 1.23 bits per heavy atom. The standard InChI is InChI=1S/C17H24O4.C10H18O4/c1-11-12(2)20-13(3)17(21-14(4)18)16(11)19-10-15-8-6-5-7-9-15;1-5-6(2)13-7(3)10(9(5)12)14-8(4)11/h5-9,11-13,16-17H,10H2,1-4H3;5-7,9-10,12H,1-4H3/t11-,12?,13-,16-,17-;5-,6?,7-,9-,10-/m00/s1. The highest BCUT2D eigenvalue weighted by Gasteiger charge is 2.43. The first-order valence-electron chi connectivity index (χ1n) is 12.4. The van der Waals surface area contributed by atoms with Crippen LogP contribution in [-0.2, 0) is 39.9 Å². The predicted octanol–water partition coefficient (Wildman–Crippen LogP) is 3.67. The van der Waals surface area contributed by atoms with E-state index in [4.69, 9.17) is 23.7 Å². The molecule has 0 amide bonds. The molecule has 0 saturated carbocycles. The summed E-state index contributed by atoms with van der Waals surface area (Å²) in [5, 5.41) is 9.87. The van der Waals surface area contributed by atoms with E-state index < -0.39 is 12.2 Å². The van der Waals surface area contributed by atoms with Gasteiger partial charge in [-0.2, -0.15) is 0 Å². The van der Waals surface area contributed by atoms with E-state index in [9.17, 15) is 14.7 Å². The van der Waals surface area contributed by atoms with Gasteiger partial charge in [0.2, 0.25) is 0 Å². The molecule has 1 aromatic rings. The minimum Gasteiger partial charge on any atom is -0.457 e. The molecule has 8 nitrogen and oxygen atoms in total. The summed E-state index contributed by atoms with van der Waals surface area (Å²) in [6, 6.07) is 10.0. The number of carbonyl (C=O) groups is 2. The Labute approximate surface area is 209 Å². The maximum Gasteiger partial charge on any atom is 0.303 e. The van der Waals surface area contributed by atoms with Crippen molar-refractivity contribution >= 4 is 11.9 Å². The van der Waals surface area contributed by atoms with Crippen LogP contribution in [0.5, 0.6) is 0 Å². The SMILES string of the molecule is CC(=O)O[C@@H]1[C@@H](O)[C@@H](C)C(C)O[C@H]1C.CC(=O)O[C@@H]1[C@@H](OCc2ccccc2)[C@@H](C)C(C)O[C@H]1C. The molecule has 0 spiro atoms. The molecule has 2 aliphatic rings. The molecule has 0 radical (unpaired) electrons. The monoisotopic (exact) mass is 494 g/mol. The van der Waals surface area contributed by atoms with E-state index in [2.05, 4.69) is 6.92 Å². The summed E-state index contributed by atoms with van der Waals surface area (Å²) in [5.74, 6) is -0.540. The molecule has 1 aromatic carbocycles. The molecule has 2 unspecified atom stereocenters. The summed E-state index contributed by atoms with van der Waals surface area (Å²) in [6.07, 6.45) is -2.05. The summed E-state index contributed by atoms with van der Waals surface area (Å²) >= 11 is 0. The maximum atomic E-state index is 11.3. The largest absolute Gasteiger partial charge is 0.457 e. The molecule has 10 atom stereocenters. The van der Waals surface area contributed by atoms with Crippen LogP contribution in [0.25, 0.3) is 0 Å². The van der Waals surface area contributed by atoms with E-state index in [1.165, 1.54) is 13.8 Å². The third-order valence-corrected chi connectivity index (χ3v) is 6.87. The van der Waals surface area contributed by atoms with Crippen molar-refractivity contribution in [1.82, 2.24) is 0 Å². The average molecular weight is 495 g/mol. The minimum atomic E-state index is -0.641. The van der Waals surface area contributed by atoms with Crippen molar-refractivity contribution in [3.8, 4) is 0 Å². The van der Waals surface area contributed by atoms with Crippen molar-refractivity contribution in [2.75, 3.05) is 0 Å². The number of aliphatic hydroxyl groups is 1. The number of ether oxygens (including phenoxy) is 5. The second kappa shape index (κ2) is 13.3. The lowest BCUT2D eigenvalue weighted by molar-refractivity contribution is -0.219. The van der Waals surface area contributed by atoms with Gasteiger partial charge in [-0.05, 0) is 33.3 Å². The first kappa shape index (κ1) is 29.2. The average Bonchev–Trinajstić information content (AvgIpc) is 2.79. The van der Waals surface area contributed by atoms with Crippen LogP contribution in [0.4, 0.5) is 0 Å². The van der Waals surface area contributed by atoms with Gasteiger partial charge < -0.3 is 28.8 Å². The van der Waals surface area contributed by atoms with Crippen LogP contribution in [0.15, 0.2) is 30.3 Å². The van der Waals surface area contributed by atoms with Gasteiger partial charge in [-0.3, -0.25) is 9.59 Å². The van der Waals surface area contributed by atoms with Crippen LogP contribution < -0.4 is 0 Å². The molecule has 3 rings (SSSR count). The predicted molar refractivity (Wildman–Crippen MR) is 130 cm³/mol. The van der Waals surface area contributed by atoms with E-state index >= 15 is 0 Å². The highest BCUT2D eigenvalue weighted by atomic mass is 16.6. The van der Waals surface area contributed by atoms with Gasteiger partial charge in [0.15, 0.2) is 12.2 Å². The van der Waals surface area contributed by atoms with E-state index in [0.717, 1.165) is 5.56 Å². The fourth-order valence-electron chi connectivity index (χ4n) is 4.49.